The number of hydroxylamine groups is 2. The molecule has 13 heteroatoms. The maximum Gasteiger partial charge on any atom is 0.418 e. The molecule has 0 saturated carbocycles. The van der Waals surface area contributed by atoms with Gasteiger partial charge in [-0.3, -0.25) is 4.55 Å². The van der Waals surface area contributed by atoms with Crippen molar-refractivity contribution in [1.82, 2.24) is 25.5 Å². The van der Waals surface area contributed by atoms with Crippen LogP contribution in [0.3, 0.4) is 0 Å². The lowest BCUT2D eigenvalue weighted by atomic mass is 10.0. The molecule has 1 aromatic rings. The van der Waals surface area contributed by atoms with Gasteiger partial charge in [-0.1, -0.05) is 11.3 Å². The number of carbonyl (C=O) groups excluding carboxylic acids is 1. The number of hydrogen-bond donors (Lipinski definition) is 2. The zero-order valence-corrected chi connectivity index (χ0v) is 14.9. The number of piperazine rings is 1. The van der Waals surface area contributed by atoms with Crippen molar-refractivity contribution in [3.05, 3.63) is 5.01 Å². The van der Waals surface area contributed by atoms with Gasteiger partial charge in [0.15, 0.2) is 0 Å². The Morgan fingerprint density at radius 3 is 2.72 bits per heavy atom. The van der Waals surface area contributed by atoms with E-state index in [0.29, 0.717) is 19.4 Å². The highest BCUT2D eigenvalue weighted by Crippen LogP contribution is 2.40. The molecule has 0 aromatic carbocycles. The Kier molecular flexibility index (Phi) is 4.27. The van der Waals surface area contributed by atoms with Gasteiger partial charge in [-0.25, -0.2) is 4.79 Å². The van der Waals surface area contributed by atoms with E-state index < -0.39 is 22.5 Å². The standard InChI is InChI=1S/C12H18N6O5S2/c19-12-17-7-8(18(12)23-25(20,21)22)1-2-9(17)10-14-15-11(24-10)16-5-3-13-4-6-16/h8-9,13H,1-7H2,(H,20,21,22). The minimum absolute atomic E-state index is 0.257. The van der Waals surface area contributed by atoms with Crippen molar-refractivity contribution in [3.8, 4) is 0 Å². The smallest absolute Gasteiger partial charge is 0.344 e. The highest BCUT2D eigenvalue weighted by Gasteiger charge is 2.48. The molecule has 138 valence electrons. The molecule has 3 aliphatic heterocycles. The van der Waals surface area contributed by atoms with Gasteiger partial charge in [-0.05, 0) is 12.8 Å². The maximum absolute atomic E-state index is 12.4. The summed E-state index contributed by atoms with van der Waals surface area (Å²) in [6, 6.07) is -1.23. The van der Waals surface area contributed by atoms with E-state index in [2.05, 4.69) is 24.7 Å². The van der Waals surface area contributed by atoms with Gasteiger partial charge >= 0.3 is 16.4 Å². The summed E-state index contributed by atoms with van der Waals surface area (Å²) in [6.45, 7) is 3.85. The molecule has 2 N–H and O–H groups in total. The summed E-state index contributed by atoms with van der Waals surface area (Å²) in [5.74, 6) is 0. The second kappa shape index (κ2) is 6.32. The molecule has 0 aliphatic carbocycles. The average molecular weight is 390 g/mol. The van der Waals surface area contributed by atoms with E-state index in [1.165, 1.54) is 16.2 Å². The number of aromatic nitrogens is 2. The maximum atomic E-state index is 12.4. The van der Waals surface area contributed by atoms with Gasteiger partial charge in [-0.15, -0.1) is 14.5 Å². The molecular formula is C12H18N6O5S2. The minimum atomic E-state index is -4.73. The Balaban J connectivity index is 1.51. The van der Waals surface area contributed by atoms with Gasteiger partial charge in [0.25, 0.3) is 0 Å². The van der Waals surface area contributed by atoms with E-state index in [-0.39, 0.29) is 6.04 Å². The van der Waals surface area contributed by atoms with Gasteiger partial charge in [-0.2, -0.15) is 13.5 Å². The van der Waals surface area contributed by atoms with Crippen LogP contribution in [0.1, 0.15) is 23.9 Å². The van der Waals surface area contributed by atoms with Crippen molar-refractivity contribution in [1.29, 1.82) is 0 Å². The Morgan fingerprint density at radius 1 is 1.24 bits per heavy atom. The lowest BCUT2D eigenvalue weighted by Crippen LogP contribution is -2.43. The third kappa shape index (κ3) is 3.29. The van der Waals surface area contributed by atoms with Crippen LogP contribution in [-0.2, 0) is 14.7 Å². The van der Waals surface area contributed by atoms with Crippen molar-refractivity contribution in [2.24, 2.45) is 0 Å². The van der Waals surface area contributed by atoms with Crippen molar-refractivity contribution >= 4 is 32.9 Å². The molecule has 3 saturated heterocycles. The summed E-state index contributed by atoms with van der Waals surface area (Å²) in [5, 5.41) is 14.1. The number of nitrogens with zero attached hydrogens (tertiary/aromatic N) is 5. The second-order valence-electron chi connectivity index (χ2n) is 6.17. The molecule has 11 nitrogen and oxygen atoms in total. The second-order valence-corrected chi connectivity index (χ2v) is 8.16. The molecule has 4 heterocycles. The Hall–Kier alpha value is -1.54. The topological polar surface area (TPSA) is 128 Å². The van der Waals surface area contributed by atoms with Crippen LogP contribution in [0.2, 0.25) is 0 Å². The Labute approximate surface area is 148 Å². The molecule has 25 heavy (non-hydrogen) atoms. The first kappa shape index (κ1) is 16.9. The van der Waals surface area contributed by atoms with Gasteiger partial charge in [0.1, 0.15) is 5.01 Å². The minimum Gasteiger partial charge on any atom is -0.344 e. The molecule has 2 amide bonds. The van der Waals surface area contributed by atoms with Gasteiger partial charge in [0.2, 0.25) is 5.13 Å². The van der Waals surface area contributed by atoms with Crippen molar-refractivity contribution in [3.63, 3.8) is 0 Å². The number of urea groups is 1. The summed E-state index contributed by atoms with van der Waals surface area (Å²) in [7, 11) is -4.73. The molecule has 0 spiro atoms. The molecule has 2 unspecified atom stereocenters. The first-order valence-electron chi connectivity index (χ1n) is 7.98. The Bertz CT molecular complexity index is 764. The van der Waals surface area contributed by atoms with Gasteiger partial charge < -0.3 is 15.1 Å². The Morgan fingerprint density at radius 2 is 2.00 bits per heavy atom. The third-order valence-corrected chi connectivity index (χ3v) is 6.03. The van der Waals surface area contributed by atoms with E-state index >= 15 is 0 Å². The number of hydrogen-bond acceptors (Lipinski definition) is 9. The lowest BCUT2D eigenvalue weighted by molar-refractivity contribution is -0.0317. The highest BCUT2D eigenvalue weighted by molar-refractivity contribution is 7.80. The number of amides is 2. The fourth-order valence-electron chi connectivity index (χ4n) is 3.43. The van der Waals surface area contributed by atoms with E-state index in [1.807, 2.05) is 0 Å². The van der Waals surface area contributed by atoms with Crippen molar-refractivity contribution in [2.45, 2.75) is 24.9 Å². The number of anilines is 1. The first-order chi connectivity index (χ1) is 11.9. The molecule has 3 fully saturated rings. The van der Waals surface area contributed by atoms with E-state index in [0.717, 1.165) is 41.4 Å². The van der Waals surface area contributed by atoms with Gasteiger partial charge in [0, 0.05) is 32.7 Å². The summed E-state index contributed by atoms with van der Waals surface area (Å²) >= 11 is 1.46. The monoisotopic (exact) mass is 390 g/mol. The van der Waals surface area contributed by atoms with Crippen molar-refractivity contribution in [2.75, 3.05) is 37.6 Å². The molecule has 1 aromatic heterocycles. The number of rotatable bonds is 4. The molecule has 0 radical (unpaired) electrons. The highest BCUT2D eigenvalue weighted by atomic mass is 32.3. The predicted molar refractivity (Wildman–Crippen MR) is 87.3 cm³/mol. The van der Waals surface area contributed by atoms with E-state index in [1.54, 1.807) is 0 Å². The number of piperidine rings is 1. The number of fused-ring (bicyclic) bond motifs is 2. The fraction of sp³-hybridized carbons (Fsp3) is 0.750. The summed E-state index contributed by atoms with van der Waals surface area (Å²) in [4.78, 5) is 16.1. The normalized spacial score (nSPS) is 27.2. The first-order valence-corrected chi connectivity index (χ1v) is 10.2. The van der Waals surface area contributed by atoms with Crippen LogP contribution in [0.4, 0.5) is 9.93 Å². The molecule has 2 bridgehead atoms. The third-order valence-electron chi connectivity index (χ3n) is 4.60. The SMILES string of the molecule is O=C1N2CC(CCC2c2nnc(N3CCNCC3)s2)N1OS(=O)(=O)O. The summed E-state index contributed by atoms with van der Waals surface area (Å²) in [6.07, 6.45) is 1.20. The van der Waals surface area contributed by atoms with E-state index in [9.17, 15) is 13.2 Å². The number of nitrogens with one attached hydrogen (secondary N) is 1. The molecule has 3 aliphatic rings. The molecule has 2 atom stereocenters. The average Bonchev–Trinajstić information content (AvgIpc) is 3.16. The quantitative estimate of drug-likeness (QED) is 0.661. The molecular weight excluding hydrogens is 372 g/mol. The zero-order chi connectivity index (χ0) is 17.6. The summed E-state index contributed by atoms with van der Waals surface area (Å²) in [5.41, 5.74) is 0. The van der Waals surface area contributed by atoms with Crippen molar-refractivity contribution < 1.29 is 22.0 Å². The van der Waals surface area contributed by atoms with Crippen LogP contribution >= 0.6 is 11.3 Å². The van der Waals surface area contributed by atoms with E-state index in [4.69, 9.17) is 4.55 Å². The van der Waals surface area contributed by atoms with Gasteiger partial charge in [0.05, 0.1) is 12.1 Å². The molecule has 4 rings (SSSR count). The summed E-state index contributed by atoms with van der Waals surface area (Å²) < 4.78 is 35.2. The van der Waals surface area contributed by atoms with Crippen LogP contribution in [0.5, 0.6) is 0 Å². The number of carbonyl (C=O) groups is 1. The van der Waals surface area contributed by atoms with Crippen LogP contribution < -0.4 is 10.2 Å². The van der Waals surface area contributed by atoms with Crippen LogP contribution in [0.25, 0.3) is 0 Å². The fourth-order valence-corrected chi connectivity index (χ4v) is 4.86. The zero-order valence-electron chi connectivity index (χ0n) is 13.2. The lowest BCUT2D eigenvalue weighted by Gasteiger charge is -2.28. The van der Waals surface area contributed by atoms with Crippen LogP contribution in [0.15, 0.2) is 0 Å². The largest absolute Gasteiger partial charge is 0.418 e. The van der Waals surface area contributed by atoms with Crippen LogP contribution in [-0.4, -0.2) is 77.9 Å². The predicted octanol–water partition coefficient (Wildman–Crippen LogP) is -0.377. The van der Waals surface area contributed by atoms with Crippen LogP contribution in [0, 0.1) is 0 Å².